The molecular formula is C9H12BrNO2. The number of phenolic OH excluding ortho intramolecular Hbond substituents is 1. The lowest BCUT2D eigenvalue weighted by molar-refractivity contribution is 0.186. The molecule has 0 aliphatic heterocycles. The minimum absolute atomic E-state index is 0.172. The Balaban J connectivity index is 3.18. The van der Waals surface area contributed by atoms with Crippen LogP contribution in [0.2, 0.25) is 0 Å². The third kappa shape index (κ3) is 2.02. The maximum atomic E-state index is 9.50. The normalized spacial score (nSPS) is 12.9. The maximum Gasteiger partial charge on any atom is 0.130 e. The van der Waals surface area contributed by atoms with Gasteiger partial charge in [-0.05, 0) is 40.0 Å². The molecule has 0 bridgehead atoms. The van der Waals surface area contributed by atoms with Crippen LogP contribution >= 0.6 is 15.9 Å². The second-order valence-corrected chi connectivity index (χ2v) is 3.66. The Bertz CT molecular complexity index is 315. The molecule has 0 aliphatic rings. The van der Waals surface area contributed by atoms with Crippen LogP contribution in [0.15, 0.2) is 16.6 Å². The van der Waals surface area contributed by atoms with Crippen LogP contribution in [-0.4, -0.2) is 16.8 Å². The summed E-state index contributed by atoms with van der Waals surface area (Å²) in [5.74, 6) is 0.172. The Kier molecular flexibility index (Phi) is 3.30. The highest BCUT2D eigenvalue weighted by Crippen LogP contribution is 2.31. The summed E-state index contributed by atoms with van der Waals surface area (Å²) in [6.07, 6.45) is -0.670. The first-order chi connectivity index (χ1) is 6.07. The SMILES string of the molecule is Cc1c(C(O)CN)ccc(O)c1Br. The van der Waals surface area contributed by atoms with E-state index in [0.717, 1.165) is 11.1 Å². The number of aliphatic hydroxyl groups excluding tert-OH is 1. The molecule has 0 radical (unpaired) electrons. The van der Waals surface area contributed by atoms with Gasteiger partial charge in [-0.1, -0.05) is 6.07 Å². The lowest BCUT2D eigenvalue weighted by Gasteiger charge is -2.13. The quantitative estimate of drug-likeness (QED) is 0.739. The van der Waals surface area contributed by atoms with Crippen LogP contribution in [0.3, 0.4) is 0 Å². The summed E-state index contributed by atoms with van der Waals surface area (Å²) in [6.45, 7) is 2.00. The number of halogens is 1. The summed E-state index contributed by atoms with van der Waals surface area (Å²) in [5, 5.41) is 18.8. The summed E-state index contributed by atoms with van der Waals surface area (Å²) in [5.41, 5.74) is 6.89. The molecule has 13 heavy (non-hydrogen) atoms. The molecule has 3 nitrogen and oxygen atoms in total. The highest BCUT2D eigenvalue weighted by Gasteiger charge is 2.12. The zero-order valence-electron chi connectivity index (χ0n) is 7.29. The molecule has 1 rings (SSSR count). The summed E-state index contributed by atoms with van der Waals surface area (Å²) >= 11 is 3.23. The highest BCUT2D eigenvalue weighted by molar-refractivity contribution is 9.10. The molecule has 0 fully saturated rings. The molecule has 1 unspecified atom stereocenters. The Morgan fingerprint density at radius 2 is 2.15 bits per heavy atom. The molecule has 4 heteroatoms. The van der Waals surface area contributed by atoms with Gasteiger partial charge in [-0.25, -0.2) is 0 Å². The predicted molar refractivity (Wildman–Crippen MR) is 54.6 cm³/mol. The summed E-state index contributed by atoms with van der Waals surface area (Å²) in [6, 6.07) is 3.21. The van der Waals surface area contributed by atoms with Gasteiger partial charge < -0.3 is 15.9 Å². The molecule has 0 heterocycles. The van der Waals surface area contributed by atoms with Crippen LogP contribution in [0.25, 0.3) is 0 Å². The lowest BCUT2D eigenvalue weighted by Crippen LogP contribution is -2.12. The molecule has 0 saturated heterocycles. The molecular weight excluding hydrogens is 234 g/mol. The summed E-state index contributed by atoms with van der Waals surface area (Å²) in [4.78, 5) is 0. The molecule has 1 atom stereocenters. The molecule has 72 valence electrons. The van der Waals surface area contributed by atoms with Gasteiger partial charge in [0.15, 0.2) is 0 Å². The number of phenols is 1. The molecule has 1 aromatic rings. The number of aromatic hydroxyl groups is 1. The third-order valence-corrected chi connectivity index (χ3v) is 2.99. The topological polar surface area (TPSA) is 66.5 Å². The van der Waals surface area contributed by atoms with Gasteiger partial charge in [-0.2, -0.15) is 0 Å². The third-order valence-electron chi connectivity index (χ3n) is 1.99. The van der Waals surface area contributed by atoms with Gasteiger partial charge in [0, 0.05) is 6.54 Å². The van der Waals surface area contributed by atoms with Gasteiger partial charge in [0.25, 0.3) is 0 Å². The first-order valence-electron chi connectivity index (χ1n) is 3.94. The van der Waals surface area contributed by atoms with E-state index in [1.54, 1.807) is 6.07 Å². The van der Waals surface area contributed by atoms with Gasteiger partial charge in [0.2, 0.25) is 0 Å². The average molecular weight is 246 g/mol. The van der Waals surface area contributed by atoms with E-state index in [1.807, 2.05) is 6.92 Å². The fourth-order valence-electron chi connectivity index (χ4n) is 1.17. The van der Waals surface area contributed by atoms with Gasteiger partial charge in [-0.3, -0.25) is 0 Å². The van der Waals surface area contributed by atoms with E-state index in [9.17, 15) is 10.2 Å². The fraction of sp³-hybridized carbons (Fsp3) is 0.333. The van der Waals surface area contributed by atoms with Crippen molar-refractivity contribution in [3.05, 3.63) is 27.7 Å². The maximum absolute atomic E-state index is 9.50. The smallest absolute Gasteiger partial charge is 0.130 e. The van der Waals surface area contributed by atoms with E-state index < -0.39 is 6.10 Å². The largest absolute Gasteiger partial charge is 0.507 e. The monoisotopic (exact) mass is 245 g/mol. The van der Waals surface area contributed by atoms with Gasteiger partial charge in [0.1, 0.15) is 5.75 Å². The van der Waals surface area contributed by atoms with Crippen LogP contribution < -0.4 is 5.73 Å². The second kappa shape index (κ2) is 4.09. The predicted octanol–water partition coefficient (Wildman–Crippen LogP) is 1.46. The van der Waals surface area contributed by atoms with Gasteiger partial charge >= 0.3 is 0 Å². The molecule has 4 N–H and O–H groups in total. The van der Waals surface area contributed by atoms with Crippen LogP contribution in [-0.2, 0) is 0 Å². The van der Waals surface area contributed by atoms with Crippen molar-refractivity contribution < 1.29 is 10.2 Å². The van der Waals surface area contributed by atoms with Crippen LogP contribution in [0.5, 0.6) is 5.75 Å². The molecule has 0 saturated carbocycles. The zero-order chi connectivity index (χ0) is 10.0. The summed E-state index contributed by atoms with van der Waals surface area (Å²) in [7, 11) is 0. The van der Waals surface area contributed by atoms with E-state index in [-0.39, 0.29) is 12.3 Å². The van der Waals surface area contributed by atoms with Gasteiger partial charge in [-0.15, -0.1) is 0 Å². The van der Waals surface area contributed by atoms with E-state index >= 15 is 0 Å². The minimum Gasteiger partial charge on any atom is -0.507 e. The Labute approximate surface area is 85.3 Å². The van der Waals surface area contributed by atoms with Crippen LogP contribution in [0.1, 0.15) is 17.2 Å². The number of hydrogen-bond donors (Lipinski definition) is 3. The Morgan fingerprint density at radius 3 is 2.69 bits per heavy atom. The number of nitrogens with two attached hydrogens (primary N) is 1. The van der Waals surface area contributed by atoms with E-state index in [1.165, 1.54) is 6.07 Å². The van der Waals surface area contributed by atoms with Crippen LogP contribution in [0, 0.1) is 6.92 Å². The molecule has 1 aromatic carbocycles. The number of hydrogen-bond acceptors (Lipinski definition) is 3. The van der Waals surface area contributed by atoms with Crippen molar-refractivity contribution in [3.63, 3.8) is 0 Å². The van der Waals surface area contributed by atoms with Crippen molar-refractivity contribution >= 4 is 15.9 Å². The van der Waals surface area contributed by atoms with Crippen molar-refractivity contribution in [1.29, 1.82) is 0 Å². The standard InChI is InChI=1S/C9H12BrNO2/c1-5-6(8(13)4-11)2-3-7(12)9(5)10/h2-3,8,12-13H,4,11H2,1H3. The molecule has 0 aliphatic carbocycles. The zero-order valence-corrected chi connectivity index (χ0v) is 8.87. The van der Waals surface area contributed by atoms with Crippen molar-refractivity contribution in [3.8, 4) is 5.75 Å². The molecule has 0 spiro atoms. The minimum atomic E-state index is -0.670. The highest BCUT2D eigenvalue weighted by atomic mass is 79.9. The Morgan fingerprint density at radius 1 is 1.54 bits per heavy atom. The Hall–Kier alpha value is -0.580. The number of rotatable bonds is 2. The van der Waals surface area contributed by atoms with Gasteiger partial charge in [0.05, 0.1) is 10.6 Å². The number of aliphatic hydroxyl groups is 1. The lowest BCUT2D eigenvalue weighted by atomic mass is 10.0. The van der Waals surface area contributed by atoms with E-state index in [2.05, 4.69) is 15.9 Å². The molecule has 0 amide bonds. The van der Waals surface area contributed by atoms with Crippen molar-refractivity contribution in [2.24, 2.45) is 5.73 Å². The average Bonchev–Trinajstić information content (AvgIpc) is 2.13. The first-order valence-corrected chi connectivity index (χ1v) is 4.73. The summed E-state index contributed by atoms with van der Waals surface area (Å²) < 4.78 is 0.609. The second-order valence-electron chi connectivity index (χ2n) is 2.86. The first kappa shape index (κ1) is 10.5. The van der Waals surface area contributed by atoms with E-state index in [4.69, 9.17) is 5.73 Å². The van der Waals surface area contributed by atoms with Crippen molar-refractivity contribution in [1.82, 2.24) is 0 Å². The van der Waals surface area contributed by atoms with Crippen molar-refractivity contribution in [2.45, 2.75) is 13.0 Å². The number of benzene rings is 1. The fourth-order valence-corrected chi connectivity index (χ4v) is 1.53. The molecule has 0 aromatic heterocycles. The van der Waals surface area contributed by atoms with Crippen LogP contribution in [0.4, 0.5) is 0 Å². The van der Waals surface area contributed by atoms with Crippen molar-refractivity contribution in [2.75, 3.05) is 6.54 Å². The van der Waals surface area contributed by atoms with E-state index in [0.29, 0.717) is 4.47 Å².